The summed E-state index contributed by atoms with van der Waals surface area (Å²) in [6.45, 7) is 1.03. The first-order valence-electron chi connectivity index (χ1n) is 8.73. The van der Waals surface area contributed by atoms with Crippen LogP contribution in [0.25, 0.3) is 11.1 Å². The molecule has 0 bridgehead atoms. The van der Waals surface area contributed by atoms with Crippen molar-refractivity contribution in [3.8, 4) is 0 Å². The van der Waals surface area contributed by atoms with E-state index in [1.165, 1.54) is 0 Å². The minimum absolute atomic E-state index is 0.00982. The number of aromatic amines is 1. The van der Waals surface area contributed by atoms with Gasteiger partial charge in [-0.3, -0.25) is 14.6 Å². The Hall–Kier alpha value is -2.86. The number of fused-ring (bicyclic) bond motifs is 1. The van der Waals surface area contributed by atoms with Gasteiger partial charge in [-0.25, -0.2) is 4.79 Å². The average molecular weight is 385 g/mol. The highest BCUT2D eigenvalue weighted by molar-refractivity contribution is 6.30. The minimum Gasteiger partial charge on any atom is -0.408 e. The summed E-state index contributed by atoms with van der Waals surface area (Å²) in [7, 11) is 0. The van der Waals surface area contributed by atoms with E-state index >= 15 is 0 Å². The number of benzene rings is 2. The molecule has 138 valence electrons. The Balaban J connectivity index is 1.44. The van der Waals surface area contributed by atoms with E-state index in [1.807, 2.05) is 0 Å². The molecule has 1 aliphatic heterocycles. The molecule has 0 aliphatic carbocycles. The molecule has 1 aliphatic rings. The van der Waals surface area contributed by atoms with Crippen molar-refractivity contribution in [3.63, 3.8) is 0 Å². The van der Waals surface area contributed by atoms with Crippen molar-refractivity contribution in [3.05, 3.63) is 69.2 Å². The van der Waals surface area contributed by atoms with Gasteiger partial charge < -0.3 is 9.32 Å². The van der Waals surface area contributed by atoms with Crippen LogP contribution in [-0.4, -0.2) is 34.7 Å². The molecule has 0 saturated carbocycles. The summed E-state index contributed by atoms with van der Waals surface area (Å²) in [4.78, 5) is 40.9. The van der Waals surface area contributed by atoms with Gasteiger partial charge in [0.25, 0.3) is 5.91 Å². The Bertz CT molecular complexity index is 1080. The molecule has 2 heterocycles. The smallest absolute Gasteiger partial charge is 0.408 e. The van der Waals surface area contributed by atoms with E-state index in [9.17, 15) is 14.4 Å². The van der Waals surface area contributed by atoms with E-state index in [-0.39, 0.29) is 17.6 Å². The number of nitrogens with zero attached hydrogens (tertiary/aromatic N) is 1. The van der Waals surface area contributed by atoms with Crippen molar-refractivity contribution in [1.29, 1.82) is 0 Å². The van der Waals surface area contributed by atoms with E-state index < -0.39 is 5.76 Å². The second-order valence-corrected chi connectivity index (χ2v) is 7.10. The Morgan fingerprint density at radius 3 is 2.59 bits per heavy atom. The molecule has 1 N–H and O–H groups in total. The third-order valence-corrected chi connectivity index (χ3v) is 5.17. The van der Waals surface area contributed by atoms with Crippen LogP contribution in [0.3, 0.4) is 0 Å². The third-order valence-electron chi connectivity index (χ3n) is 4.93. The van der Waals surface area contributed by atoms with Gasteiger partial charge in [-0.1, -0.05) is 17.7 Å². The first kappa shape index (κ1) is 17.5. The number of likely N-dealkylation sites (tertiary alicyclic amines) is 1. The fraction of sp³-hybridized carbons (Fsp3) is 0.250. The lowest BCUT2D eigenvalue weighted by Gasteiger charge is -2.31. The van der Waals surface area contributed by atoms with Crippen molar-refractivity contribution in [2.75, 3.05) is 13.1 Å². The van der Waals surface area contributed by atoms with Gasteiger partial charge in [0, 0.05) is 35.2 Å². The van der Waals surface area contributed by atoms with Crippen LogP contribution in [0.5, 0.6) is 0 Å². The summed E-state index contributed by atoms with van der Waals surface area (Å²) in [6.07, 6.45) is 1.19. The Kier molecular flexibility index (Phi) is 4.58. The highest BCUT2D eigenvalue weighted by atomic mass is 35.5. The van der Waals surface area contributed by atoms with Gasteiger partial charge in [-0.15, -0.1) is 0 Å². The second-order valence-electron chi connectivity index (χ2n) is 6.67. The fourth-order valence-electron chi connectivity index (χ4n) is 3.48. The average Bonchev–Trinajstić information content (AvgIpc) is 3.06. The topological polar surface area (TPSA) is 83.4 Å². The van der Waals surface area contributed by atoms with Crippen molar-refractivity contribution >= 4 is 34.4 Å². The van der Waals surface area contributed by atoms with Crippen LogP contribution in [0.1, 0.15) is 33.6 Å². The zero-order valence-corrected chi connectivity index (χ0v) is 15.2. The zero-order valence-electron chi connectivity index (χ0n) is 14.4. The standard InChI is InChI=1S/C20H17ClN2O4/c21-15-3-1-2-14(10-15)19(25)23-8-6-12(7-9-23)18(24)13-4-5-16-17(11-13)27-20(26)22-16/h1-5,10-12H,6-9H2,(H,22,26). The molecular weight excluding hydrogens is 368 g/mol. The lowest BCUT2D eigenvalue weighted by molar-refractivity contribution is 0.0650. The summed E-state index contributed by atoms with van der Waals surface area (Å²) < 4.78 is 5.03. The van der Waals surface area contributed by atoms with E-state index in [2.05, 4.69) is 4.98 Å². The molecule has 0 atom stereocenters. The third kappa shape index (κ3) is 3.53. The highest BCUT2D eigenvalue weighted by Gasteiger charge is 2.28. The van der Waals surface area contributed by atoms with Crippen molar-refractivity contribution in [1.82, 2.24) is 9.88 Å². The molecule has 3 aromatic rings. The predicted molar refractivity (Wildman–Crippen MR) is 101 cm³/mol. The molecule has 1 fully saturated rings. The quantitative estimate of drug-likeness (QED) is 0.700. The molecule has 0 unspecified atom stereocenters. The van der Waals surface area contributed by atoms with Gasteiger partial charge in [0.05, 0.1) is 5.52 Å². The summed E-state index contributed by atoms with van der Waals surface area (Å²) in [5.41, 5.74) is 2.02. The van der Waals surface area contributed by atoms with Crippen molar-refractivity contribution in [2.24, 2.45) is 5.92 Å². The summed E-state index contributed by atoms with van der Waals surface area (Å²) in [5, 5.41) is 0.526. The van der Waals surface area contributed by atoms with Crippen LogP contribution in [0.2, 0.25) is 5.02 Å². The van der Waals surface area contributed by atoms with Crippen LogP contribution in [0.15, 0.2) is 51.7 Å². The van der Waals surface area contributed by atoms with E-state index in [0.29, 0.717) is 53.2 Å². The number of carbonyl (C=O) groups is 2. The number of oxazole rings is 1. The number of carbonyl (C=O) groups excluding carboxylic acids is 2. The van der Waals surface area contributed by atoms with Crippen LogP contribution in [0.4, 0.5) is 0 Å². The van der Waals surface area contributed by atoms with E-state index in [4.69, 9.17) is 16.0 Å². The molecule has 0 radical (unpaired) electrons. The Morgan fingerprint density at radius 2 is 1.85 bits per heavy atom. The number of amides is 1. The Labute approximate surface area is 159 Å². The largest absolute Gasteiger partial charge is 0.417 e. The maximum atomic E-state index is 12.8. The summed E-state index contributed by atoms with van der Waals surface area (Å²) in [6, 6.07) is 11.8. The van der Waals surface area contributed by atoms with Crippen LogP contribution in [0, 0.1) is 5.92 Å². The maximum Gasteiger partial charge on any atom is 0.417 e. The van der Waals surface area contributed by atoms with Gasteiger partial charge in [0.15, 0.2) is 11.4 Å². The number of piperidine rings is 1. The summed E-state index contributed by atoms with van der Waals surface area (Å²) in [5.74, 6) is -0.756. The summed E-state index contributed by atoms with van der Waals surface area (Å²) >= 11 is 5.96. The first-order chi connectivity index (χ1) is 13.0. The molecular formula is C20H17ClN2O4. The lowest BCUT2D eigenvalue weighted by Crippen LogP contribution is -2.40. The van der Waals surface area contributed by atoms with Gasteiger partial charge in [0.1, 0.15) is 0 Å². The first-order valence-corrected chi connectivity index (χ1v) is 9.11. The van der Waals surface area contributed by atoms with Gasteiger partial charge in [-0.05, 0) is 49.2 Å². The number of Topliss-reactive ketones (excluding diaryl/α,β-unsaturated/α-hetero) is 1. The van der Waals surface area contributed by atoms with Gasteiger partial charge >= 0.3 is 5.76 Å². The molecule has 6 nitrogen and oxygen atoms in total. The normalized spacial score (nSPS) is 15.2. The Morgan fingerprint density at radius 1 is 1.07 bits per heavy atom. The molecule has 1 amide bonds. The molecule has 2 aromatic carbocycles. The molecule has 4 rings (SSSR count). The number of hydrogen-bond donors (Lipinski definition) is 1. The second kappa shape index (κ2) is 7.04. The lowest BCUT2D eigenvalue weighted by atomic mass is 9.88. The van der Waals surface area contributed by atoms with Crippen LogP contribution >= 0.6 is 11.6 Å². The van der Waals surface area contributed by atoms with Crippen molar-refractivity contribution < 1.29 is 14.0 Å². The molecule has 27 heavy (non-hydrogen) atoms. The van der Waals surface area contributed by atoms with Crippen LogP contribution < -0.4 is 5.76 Å². The predicted octanol–water partition coefficient (Wildman–Crippen LogP) is 3.51. The molecule has 0 spiro atoms. The van der Waals surface area contributed by atoms with Gasteiger partial charge in [0.2, 0.25) is 0 Å². The number of H-pyrrole nitrogens is 1. The van der Waals surface area contributed by atoms with E-state index in [0.717, 1.165) is 0 Å². The van der Waals surface area contributed by atoms with Gasteiger partial charge in [-0.2, -0.15) is 0 Å². The molecule has 1 aromatic heterocycles. The van der Waals surface area contributed by atoms with Crippen molar-refractivity contribution in [2.45, 2.75) is 12.8 Å². The van der Waals surface area contributed by atoms with E-state index in [1.54, 1.807) is 47.4 Å². The number of aromatic nitrogens is 1. The highest BCUT2D eigenvalue weighted by Crippen LogP contribution is 2.25. The number of halogens is 1. The molecule has 7 heteroatoms. The monoisotopic (exact) mass is 384 g/mol. The molecule has 1 saturated heterocycles. The number of ketones is 1. The number of nitrogens with one attached hydrogen (secondary N) is 1. The fourth-order valence-corrected chi connectivity index (χ4v) is 3.67. The maximum absolute atomic E-state index is 12.8. The number of rotatable bonds is 3. The van der Waals surface area contributed by atoms with Crippen LogP contribution in [-0.2, 0) is 0 Å². The minimum atomic E-state index is -0.539. The SMILES string of the molecule is O=C(c1ccc2[nH]c(=O)oc2c1)C1CCN(C(=O)c2cccc(Cl)c2)CC1. The zero-order chi connectivity index (χ0) is 19.0. The number of hydrogen-bond acceptors (Lipinski definition) is 4.